The summed E-state index contributed by atoms with van der Waals surface area (Å²) in [6.45, 7) is 9.75. The average Bonchev–Trinajstić information content (AvgIpc) is 2.49. The minimum atomic E-state index is 0.0304. The van der Waals surface area contributed by atoms with Crippen molar-refractivity contribution in [2.45, 2.75) is 40.0 Å². The number of amides is 2. The highest BCUT2D eigenvalue weighted by Gasteiger charge is 2.24. The van der Waals surface area contributed by atoms with Crippen molar-refractivity contribution in [1.29, 1.82) is 0 Å². The summed E-state index contributed by atoms with van der Waals surface area (Å²) in [6.07, 6.45) is 2.93. The zero-order chi connectivity index (χ0) is 15.8. The number of nitrogens with one attached hydrogen (secondary N) is 1. The first kappa shape index (κ1) is 18.0. The number of likely N-dealkylation sites (N-methyl/N-ethyl adjacent to an activating group) is 2. The van der Waals surface area contributed by atoms with E-state index in [4.69, 9.17) is 0 Å². The Hall–Kier alpha value is -1.10. The van der Waals surface area contributed by atoms with E-state index in [2.05, 4.69) is 12.2 Å². The largest absolute Gasteiger partial charge is 0.342 e. The van der Waals surface area contributed by atoms with Gasteiger partial charge in [0.15, 0.2) is 0 Å². The molecule has 0 aromatic rings. The van der Waals surface area contributed by atoms with Gasteiger partial charge in [-0.15, -0.1) is 0 Å². The molecule has 1 saturated heterocycles. The van der Waals surface area contributed by atoms with Gasteiger partial charge in [0.25, 0.3) is 0 Å². The fraction of sp³-hybridized carbons (Fsp3) is 0.875. The molecule has 0 bridgehead atoms. The number of rotatable bonds is 7. The van der Waals surface area contributed by atoms with E-state index >= 15 is 0 Å². The molecule has 122 valence electrons. The maximum absolute atomic E-state index is 12.3. The van der Waals surface area contributed by atoms with Gasteiger partial charge < -0.3 is 15.1 Å². The number of hydrogen-bond donors (Lipinski definition) is 1. The van der Waals surface area contributed by atoms with Crippen LogP contribution in [0.25, 0.3) is 0 Å². The second kappa shape index (κ2) is 9.03. The lowest BCUT2D eigenvalue weighted by Gasteiger charge is -2.29. The normalized spacial score (nSPS) is 19.9. The average molecular weight is 297 g/mol. The van der Waals surface area contributed by atoms with Gasteiger partial charge in [0.2, 0.25) is 11.8 Å². The van der Waals surface area contributed by atoms with Crippen molar-refractivity contribution in [3.8, 4) is 0 Å². The predicted octanol–water partition coefficient (Wildman–Crippen LogP) is 1.34. The fourth-order valence-corrected chi connectivity index (χ4v) is 2.93. The summed E-state index contributed by atoms with van der Waals surface area (Å²) in [7, 11) is 1.73. The lowest BCUT2D eigenvalue weighted by molar-refractivity contribution is -0.139. The molecule has 0 spiro atoms. The number of piperidine rings is 1. The van der Waals surface area contributed by atoms with Gasteiger partial charge in [-0.3, -0.25) is 9.59 Å². The first-order chi connectivity index (χ1) is 9.99. The number of carbonyl (C=O) groups is 2. The molecule has 2 atom stereocenters. The summed E-state index contributed by atoms with van der Waals surface area (Å²) in [6, 6.07) is 0. The molecule has 2 unspecified atom stereocenters. The van der Waals surface area contributed by atoms with Gasteiger partial charge in [-0.05, 0) is 51.6 Å². The minimum Gasteiger partial charge on any atom is -0.342 e. The first-order valence-electron chi connectivity index (χ1n) is 8.22. The van der Waals surface area contributed by atoms with E-state index in [-0.39, 0.29) is 18.4 Å². The third-order valence-electron chi connectivity index (χ3n) is 4.55. The molecule has 1 aliphatic heterocycles. The minimum absolute atomic E-state index is 0.0304. The molecule has 1 rings (SSSR count). The van der Waals surface area contributed by atoms with Crippen molar-refractivity contribution >= 4 is 11.8 Å². The van der Waals surface area contributed by atoms with Gasteiger partial charge in [0.1, 0.15) is 0 Å². The molecule has 1 aliphatic rings. The molecule has 0 aromatic carbocycles. The van der Waals surface area contributed by atoms with Crippen molar-refractivity contribution in [2.24, 2.45) is 11.8 Å². The standard InChI is InChI=1S/C16H31N3O2/c1-5-19(6-2)16(21)12-18(4)15(20)10-13(3)14-8-7-9-17-11-14/h13-14,17H,5-12H2,1-4H3. The van der Waals surface area contributed by atoms with Crippen LogP contribution in [0.5, 0.6) is 0 Å². The molecule has 1 N–H and O–H groups in total. The van der Waals surface area contributed by atoms with E-state index in [0.29, 0.717) is 31.3 Å². The summed E-state index contributed by atoms with van der Waals surface area (Å²) < 4.78 is 0. The fourth-order valence-electron chi connectivity index (χ4n) is 2.93. The highest BCUT2D eigenvalue weighted by atomic mass is 16.2. The van der Waals surface area contributed by atoms with Crippen LogP contribution in [0.3, 0.4) is 0 Å². The number of carbonyl (C=O) groups excluding carboxylic acids is 2. The molecule has 0 radical (unpaired) electrons. The lowest BCUT2D eigenvalue weighted by Crippen LogP contribution is -2.42. The summed E-state index contributed by atoms with van der Waals surface area (Å²) in [5.41, 5.74) is 0. The monoisotopic (exact) mass is 297 g/mol. The predicted molar refractivity (Wildman–Crippen MR) is 84.9 cm³/mol. The van der Waals surface area contributed by atoms with Crippen LogP contribution in [0.1, 0.15) is 40.0 Å². The second-order valence-corrected chi connectivity index (χ2v) is 6.10. The number of nitrogens with zero attached hydrogens (tertiary/aromatic N) is 2. The highest BCUT2D eigenvalue weighted by molar-refractivity contribution is 5.84. The molecule has 21 heavy (non-hydrogen) atoms. The molecule has 5 heteroatoms. The van der Waals surface area contributed by atoms with E-state index in [0.717, 1.165) is 13.1 Å². The van der Waals surface area contributed by atoms with E-state index in [1.54, 1.807) is 16.8 Å². The van der Waals surface area contributed by atoms with Crippen LogP contribution in [0, 0.1) is 11.8 Å². The van der Waals surface area contributed by atoms with Crippen molar-refractivity contribution in [2.75, 3.05) is 39.8 Å². The van der Waals surface area contributed by atoms with Gasteiger partial charge in [-0.1, -0.05) is 6.92 Å². The Morgan fingerprint density at radius 2 is 1.90 bits per heavy atom. The van der Waals surface area contributed by atoms with Crippen molar-refractivity contribution in [3.05, 3.63) is 0 Å². The van der Waals surface area contributed by atoms with E-state index < -0.39 is 0 Å². The second-order valence-electron chi connectivity index (χ2n) is 6.10. The smallest absolute Gasteiger partial charge is 0.242 e. The van der Waals surface area contributed by atoms with Gasteiger partial charge >= 0.3 is 0 Å². The molecular weight excluding hydrogens is 266 g/mol. The Balaban J connectivity index is 2.41. The van der Waals surface area contributed by atoms with Crippen molar-refractivity contribution < 1.29 is 9.59 Å². The van der Waals surface area contributed by atoms with E-state index in [1.807, 2.05) is 13.8 Å². The van der Waals surface area contributed by atoms with Gasteiger partial charge in [-0.2, -0.15) is 0 Å². The van der Waals surface area contributed by atoms with Crippen LogP contribution in [-0.2, 0) is 9.59 Å². The summed E-state index contributed by atoms with van der Waals surface area (Å²) >= 11 is 0. The van der Waals surface area contributed by atoms with Gasteiger partial charge in [0.05, 0.1) is 6.54 Å². The maximum atomic E-state index is 12.3. The van der Waals surface area contributed by atoms with Crippen LogP contribution in [0.4, 0.5) is 0 Å². The zero-order valence-electron chi connectivity index (χ0n) is 14.0. The topological polar surface area (TPSA) is 52.7 Å². The lowest BCUT2D eigenvalue weighted by atomic mass is 9.85. The van der Waals surface area contributed by atoms with Crippen molar-refractivity contribution in [1.82, 2.24) is 15.1 Å². The highest BCUT2D eigenvalue weighted by Crippen LogP contribution is 2.23. The molecule has 0 saturated carbocycles. The summed E-state index contributed by atoms with van der Waals surface area (Å²) in [5, 5.41) is 3.39. The van der Waals surface area contributed by atoms with Crippen LogP contribution in [-0.4, -0.2) is 61.4 Å². The van der Waals surface area contributed by atoms with Gasteiger partial charge in [0, 0.05) is 26.6 Å². The van der Waals surface area contributed by atoms with Crippen LogP contribution in [0.2, 0.25) is 0 Å². The number of hydrogen-bond acceptors (Lipinski definition) is 3. The quantitative estimate of drug-likeness (QED) is 0.771. The Labute approximate surface area is 129 Å². The maximum Gasteiger partial charge on any atom is 0.242 e. The Morgan fingerprint density at radius 1 is 1.24 bits per heavy atom. The van der Waals surface area contributed by atoms with Crippen molar-refractivity contribution in [3.63, 3.8) is 0 Å². The Kier molecular flexibility index (Phi) is 7.72. The summed E-state index contributed by atoms with van der Waals surface area (Å²) in [5.74, 6) is 1.06. The van der Waals surface area contributed by atoms with E-state index in [9.17, 15) is 9.59 Å². The first-order valence-corrected chi connectivity index (χ1v) is 8.22. The molecule has 5 nitrogen and oxygen atoms in total. The molecule has 2 amide bonds. The van der Waals surface area contributed by atoms with Crippen LogP contribution < -0.4 is 5.32 Å². The van der Waals surface area contributed by atoms with Crippen LogP contribution >= 0.6 is 0 Å². The zero-order valence-corrected chi connectivity index (χ0v) is 14.0. The third kappa shape index (κ3) is 5.65. The SMILES string of the molecule is CCN(CC)C(=O)CN(C)C(=O)CC(C)C1CCCNC1. The molecular formula is C16H31N3O2. The van der Waals surface area contributed by atoms with Gasteiger partial charge in [-0.25, -0.2) is 0 Å². The Bertz CT molecular complexity index is 336. The molecule has 1 fully saturated rings. The summed E-state index contributed by atoms with van der Waals surface area (Å²) in [4.78, 5) is 27.6. The third-order valence-corrected chi connectivity index (χ3v) is 4.55. The Morgan fingerprint density at radius 3 is 2.43 bits per heavy atom. The van der Waals surface area contributed by atoms with E-state index in [1.165, 1.54) is 12.8 Å². The molecule has 0 aromatic heterocycles. The molecule has 1 heterocycles. The molecule has 0 aliphatic carbocycles. The van der Waals surface area contributed by atoms with Crippen LogP contribution in [0.15, 0.2) is 0 Å².